The molecule has 18 heavy (non-hydrogen) atoms. The summed E-state index contributed by atoms with van der Waals surface area (Å²) in [5, 5.41) is 18.6. The number of hydrogen-bond donors (Lipinski definition) is 2. The first-order valence-corrected chi connectivity index (χ1v) is 5.05. The second-order valence-electron chi connectivity index (χ2n) is 3.47. The zero-order chi connectivity index (χ0) is 13.5. The van der Waals surface area contributed by atoms with Crippen LogP contribution in [-0.2, 0) is 18.4 Å². The Bertz CT molecular complexity index is 476. The molecule has 1 rings (SSSR count). The molecule has 96 valence electrons. The number of rotatable bonds is 5. The molecule has 1 aromatic heterocycles. The van der Waals surface area contributed by atoms with Crippen LogP contribution in [0.15, 0.2) is 6.33 Å². The van der Waals surface area contributed by atoms with Gasteiger partial charge in [-0.25, -0.2) is 4.79 Å². The van der Waals surface area contributed by atoms with Crippen molar-refractivity contribution in [3.05, 3.63) is 12.2 Å². The fourth-order valence-corrected chi connectivity index (χ4v) is 1.21. The van der Waals surface area contributed by atoms with Gasteiger partial charge in [0.25, 0.3) is 0 Å². The Balaban J connectivity index is 2.54. The number of nitrogens with zero attached hydrogens (tertiary/aromatic N) is 4. The number of amides is 2. The van der Waals surface area contributed by atoms with Gasteiger partial charge in [0.1, 0.15) is 12.9 Å². The number of aromatic nitrogens is 3. The summed E-state index contributed by atoms with van der Waals surface area (Å²) in [5.41, 5.74) is 0. The van der Waals surface area contributed by atoms with E-state index in [0.717, 1.165) is 4.90 Å². The van der Waals surface area contributed by atoms with Gasteiger partial charge in [0.15, 0.2) is 5.82 Å². The number of nitrogens with one attached hydrogen (secondary N) is 1. The highest BCUT2D eigenvalue weighted by atomic mass is 16.4. The van der Waals surface area contributed by atoms with Crippen LogP contribution >= 0.6 is 0 Å². The van der Waals surface area contributed by atoms with Gasteiger partial charge in [-0.3, -0.25) is 4.79 Å². The van der Waals surface area contributed by atoms with Gasteiger partial charge >= 0.3 is 12.0 Å². The first-order chi connectivity index (χ1) is 8.54. The molecule has 8 heteroatoms. The minimum atomic E-state index is -1.13. The van der Waals surface area contributed by atoms with Crippen molar-refractivity contribution in [3.63, 3.8) is 0 Å². The van der Waals surface area contributed by atoms with Gasteiger partial charge in [-0.1, -0.05) is 5.92 Å². The Labute approximate surface area is 104 Å². The molecule has 0 aromatic carbocycles. The number of carboxylic acid groups (broad SMARTS) is 1. The van der Waals surface area contributed by atoms with E-state index in [1.54, 1.807) is 11.6 Å². The summed E-state index contributed by atoms with van der Waals surface area (Å²) in [7, 11) is 1.73. The van der Waals surface area contributed by atoms with Crippen molar-refractivity contribution < 1.29 is 14.7 Å². The Hall–Kier alpha value is -2.56. The van der Waals surface area contributed by atoms with Crippen molar-refractivity contribution in [2.75, 3.05) is 13.1 Å². The van der Waals surface area contributed by atoms with Crippen LogP contribution in [0.4, 0.5) is 4.79 Å². The highest BCUT2D eigenvalue weighted by Crippen LogP contribution is 1.93. The van der Waals surface area contributed by atoms with Gasteiger partial charge in [-0.15, -0.1) is 16.6 Å². The number of aliphatic carboxylic acids is 1. The third-order valence-corrected chi connectivity index (χ3v) is 2.10. The normalized spacial score (nSPS) is 9.56. The van der Waals surface area contributed by atoms with Crippen LogP contribution in [0.1, 0.15) is 5.82 Å². The second-order valence-corrected chi connectivity index (χ2v) is 3.47. The van der Waals surface area contributed by atoms with Gasteiger partial charge < -0.3 is 19.9 Å². The third kappa shape index (κ3) is 3.79. The lowest BCUT2D eigenvalue weighted by atomic mass is 10.5. The summed E-state index contributed by atoms with van der Waals surface area (Å²) in [5.74, 6) is 1.66. The molecule has 0 fully saturated rings. The van der Waals surface area contributed by atoms with Crippen LogP contribution < -0.4 is 5.32 Å². The predicted molar refractivity (Wildman–Crippen MR) is 61.3 cm³/mol. The maximum Gasteiger partial charge on any atom is 0.323 e. The Morgan fingerprint density at radius 2 is 2.39 bits per heavy atom. The average Bonchev–Trinajstić information content (AvgIpc) is 2.70. The quantitative estimate of drug-likeness (QED) is 0.657. The Kier molecular flexibility index (Phi) is 4.68. The van der Waals surface area contributed by atoms with Crippen LogP contribution in [0, 0.1) is 12.3 Å². The molecule has 0 spiro atoms. The van der Waals surface area contributed by atoms with Crippen molar-refractivity contribution in [3.8, 4) is 12.3 Å². The molecule has 1 aromatic rings. The first kappa shape index (κ1) is 13.5. The monoisotopic (exact) mass is 251 g/mol. The standard InChI is InChI=1S/C10H13N5O3/c1-3-4-15(6-9(16)17)10(18)11-5-8-13-12-7-14(8)2/h1,7H,4-6H2,2H3,(H,11,18)(H,16,17). The zero-order valence-electron chi connectivity index (χ0n) is 9.83. The number of hydrogen-bond acceptors (Lipinski definition) is 4. The number of aryl methyl sites for hydroxylation is 1. The molecule has 1 heterocycles. The van der Waals surface area contributed by atoms with E-state index in [9.17, 15) is 9.59 Å². The smallest absolute Gasteiger partial charge is 0.323 e. The largest absolute Gasteiger partial charge is 0.480 e. The zero-order valence-corrected chi connectivity index (χ0v) is 9.83. The molecule has 8 nitrogen and oxygen atoms in total. The van der Waals surface area contributed by atoms with Gasteiger partial charge in [-0.05, 0) is 0 Å². The number of carbonyl (C=O) groups excluding carboxylic acids is 1. The molecule has 0 aliphatic carbocycles. The highest BCUT2D eigenvalue weighted by molar-refractivity contribution is 5.80. The van der Waals surface area contributed by atoms with Crippen LogP contribution in [0.5, 0.6) is 0 Å². The van der Waals surface area contributed by atoms with Crippen molar-refractivity contribution in [1.82, 2.24) is 25.0 Å². The van der Waals surface area contributed by atoms with Crippen molar-refractivity contribution in [1.29, 1.82) is 0 Å². The molecule has 0 saturated carbocycles. The first-order valence-electron chi connectivity index (χ1n) is 5.05. The molecule has 0 aliphatic heterocycles. The molecule has 0 bridgehead atoms. The molecule has 0 saturated heterocycles. The fourth-order valence-electron chi connectivity index (χ4n) is 1.21. The topological polar surface area (TPSA) is 100 Å². The second kappa shape index (κ2) is 6.24. The summed E-state index contributed by atoms with van der Waals surface area (Å²) in [4.78, 5) is 23.2. The summed E-state index contributed by atoms with van der Waals surface area (Å²) in [6.45, 7) is -0.373. The summed E-state index contributed by atoms with van der Waals surface area (Å²) in [6.07, 6.45) is 6.56. The lowest BCUT2D eigenvalue weighted by Gasteiger charge is -2.18. The van der Waals surface area contributed by atoms with Gasteiger partial charge in [0.05, 0.1) is 13.1 Å². The van der Waals surface area contributed by atoms with Crippen molar-refractivity contribution in [2.24, 2.45) is 7.05 Å². The Morgan fingerprint density at radius 3 is 2.89 bits per heavy atom. The number of carbonyl (C=O) groups is 2. The minimum absolute atomic E-state index is 0.0725. The number of terminal acetylenes is 1. The predicted octanol–water partition coefficient (Wildman–Crippen LogP) is -0.955. The van der Waals surface area contributed by atoms with Crippen LogP contribution in [0.2, 0.25) is 0 Å². The van der Waals surface area contributed by atoms with Crippen LogP contribution in [0.3, 0.4) is 0 Å². The van der Waals surface area contributed by atoms with E-state index in [1.165, 1.54) is 6.33 Å². The summed E-state index contributed by atoms with van der Waals surface area (Å²) in [6, 6.07) is -0.557. The van der Waals surface area contributed by atoms with Crippen molar-refractivity contribution >= 4 is 12.0 Å². The van der Waals surface area contributed by atoms with Crippen LogP contribution in [-0.4, -0.2) is 49.9 Å². The lowest BCUT2D eigenvalue weighted by molar-refractivity contribution is -0.137. The van der Waals surface area contributed by atoms with Crippen molar-refractivity contribution in [2.45, 2.75) is 6.54 Å². The molecule has 2 amide bonds. The Morgan fingerprint density at radius 1 is 1.67 bits per heavy atom. The molecule has 2 N–H and O–H groups in total. The maximum atomic E-state index is 11.7. The van der Waals surface area contributed by atoms with Gasteiger partial charge in [-0.2, -0.15) is 0 Å². The molecule has 0 unspecified atom stereocenters. The van der Waals surface area contributed by atoms with E-state index in [-0.39, 0.29) is 13.1 Å². The number of urea groups is 1. The summed E-state index contributed by atoms with van der Waals surface area (Å²) >= 11 is 0. The number of carboxylic acids is 1. The van der Waals surface area contributed by atoms with E-state index in [0.29, 0.717) is 5.82 Å². The molecular formula is C10H13N5O3. The minimum Gasteiger partial charge on any atom is -0.480 e. The highest BCUT2D eigenvalue weighted by Gasteiger charge is 2.15. The van der Waals surface area contributed by atoms with E-state index >= 15 is 0 Å². The SMILES string of the molecule is C#CCN(CC(=O)O)C(=O)NCc1nncn1C. The van der Waals surface area contributed by atoms with Gasteiger partial charge in [0.2, 0.25) is 0 Å². The molecule has 0 radical (unpaired) electrons. The molecule has 0 aliphatic rings. The molecular weight excluding hydrogens is 238 g/mol. The maximum absolute atomic E-state index is 11.7. The van der Waals surface area contributed by atoms with E-state index < -0.39 is 18.5 Å². The summed E-state index contributed by atoms with van der Waals surface area (Å²) < 4.78 is 1.64. The van der Waals surface area contributed by atoms with E-state index in [2.05, 4.69) is 21.4 Å². The van der Waals surface area contributed by atoms with Gasteiger partial charge in [0, 0.05) is 7.05 Å². The molecule has 0 atom stereocenters. The lowest BCUT2D eigenvalue weighted by Crippen LogP contribution is -2.42. The third-order valence-electron chi connectivity index (χ3n) is 2.10. The van der Waals surface area contributed by atoms with Crippen LogP contribution in [0.25, 0.3) is 0 Å². The fraction of sp³-hybridized carbons (Fsp3) is 0.400. The van der Waals surface area contributed by atoms with E-state index in [4.69, 9.17) is 11.5 Å². The van der Waals surface area contributed by atoms with E-state index in [1.807, 2.05) is 0 Å². The average molecular weight is 251 g/mol.